The molecule has 0 saturated carbocycles. The van der Waals surface area contributed by atoms with Crippen LogP contribution in [0.5, 0.6) is 17.5 Å². The Morgan fingerprint density at radius 3 is 2.66 bits per heavy atom. The fourth-order valence-corrected chi connectivity index (χ4v) is 3.16. The summed E-state index contributed by atoms with van der Waals surface area (Å²) in [5.41, 5.74) is 3.76. The summed E-state index contributed by atoms with van der Waals surface area (Å²) in [5.74, 6) is 1.03. The van der Waals surface area contributed by atoms with Crippen molar-refractivity contribution < 1.29 is 19.3 Å². The van der Waals surface area contributed by atoms with E-state index in [1.807, 2.05) is 24.3 Å². The van der Waals surface area contributed by atoms with Gasteiger partial charge in [0.25, 0.3) is 5.88 Å². The Morgan fingerprint density at radius 2 is 1.90 bits per heavy atom. The molecule has 4 rings (SSSR count). The van der Waals surface area contributed by atoms with Gasteiger partial charge in [0.15, 0.2) is 5.75 Å². The van der Waals surface area contributed by atoms with E-state index in [-0.39, 0.29) is 5.88 Å². The molecule has 4 aromatic heterocycles. The van der Waals surface area contributed by atoms with Gasteiger partial charge in [-0.2, -0.15) is 0 Å². The number of hydrogen-bond acceptors (Lipinski definition) is 7. The lowest BCUT2D eigenvalue weighted by Crippen LogP contribution is -1.96. The largest absolute Gasteiger partial charge is 0.494 e. The topological polar surface area (TPSA) is 91.5 Å². The van der Waals surface area contributed by atoms with Gasteiger partial charge >= 0.3 is 0 Å². The summed E-state index contributed by atoms with van der Waals surface area (Å²) >= 11 is 0. The van der Waals surface area contributed by atoms with Crippen LogP contribution in [0.2, 0.25) is 0 Å². The van der Waals surface area contributed by atoms with Crippen molar-refractivity contribution in [2.24, 2.45) is 0 Å². The molecule has 8 heteroatoms. The van der Waals surface area contributed by atoms with E-state index in [2.05, 4.69) is 15.0 Å². The lowest BCUT2D eigenvalue weighted by atomic mass is 10.1. The highest BCUT2D eigenvalue weighted by atomic mass is 16.5. The van der Waals surface area contributed by atoms with E-state index < -0.39 is 0 Å². The molecule has 1 N–H and O–H groups in total. The van der Waals surface area contributed by atoms with Crippen LogP contribution in [-0.4, -0.2) is 46.0 Å². The van der Waals surface area contributed by atoms with Crippen molar-refractivity contribution in [1.29, 1.82) is 0 Å². The van der Waals surface area contributed by atoms with E-state index in [0.717, 1.165) is 16.8 Å². The molecule has 4 heterocycles. The summed E-state index contributed by atoms with van der Waals surface area (Å²) in [7, 11) is 4.73. The lowest BCUT2D eigenvalue weighted by Gasteiger charge is -2.08. The predicted molar refractivity (Wildman–Crippen MR) is 108 cm³/mol. The van der Waals surface area contributed by atoms with Crippen molar-refractivity contribution in [3.05, 3.63) is 54.6 Å². The maximum atomic E-state index is 10.7. The second-order valence-electron chi connectivity index (χ2n) is 6.37. The minimum atomic E-state index is 0.0980. The Balaban J connectivity index is 1.77. The fraction of sp³-hybridized carbons (Fsp3) is 0.190. The van der Waals surface area contributed by atoms with Crippen molar-refractivity contribution in [1.82, 2.24) is 19.5 Å². The van der Waals surface area contributed by atoms with Crippen molar-refractivity contribution in [3.63, 3.8) is 0 Å². The second kappa shape index (κ2) is 7.76. The van der Waals surface area contributed by atoms with E-state index in [0.29, 0.717) is 34.8 Å². The van der Waals surface area contributed by atoms with Crippen LogP contribution in [0, 0.1) is 0 Å². The highest BCUT2D eigenvalue weighted by Crippen LogP contribution is 2.33. The third kappa shape index (κ3) is 3.45. The van der Waals surface area contributed by atoms with Crippen molar-refractivity contribution in [3.8, 4) is 34.5 Å². The van der Waals surface area contributed by atoms with Gasteiger partial charge in [-0.3, -0.25) is 9.55 Å². The molecule has 0 aromatic carbocycles. The standard InChI is InChI=1S/C21H20N4O4/c1-27-12-13-6-15(10-22-8-13)25-11-18-16(21(25)26)4-5-17(24-18)14-7-19(28-2)20(29-3)23-9-14/h4-11,26H,12H2,1-3H3. The number of fused-ring (bicyclic) bond motifs is 1. The number of aromatic hydroxyl groups is 1. The van der Waals surface area contributed by atoms with Gasteiger partial charge in [-0.25, -0.2) is 9.97 Å². The first kappa shape index (κ1) is 18.7. The number of aromatic nitrogens is 4. The van der Waals surface area contributed by atoms with Crippen LogP contribution < -0.4 is 9.47 Å². The highest BCUT2D eigenvalue weighted by molar-refractivity contribution is 5.87. The van der Waals surface area contributed by atoms with Gasteiger partial charge in [0.1, 0.15) is 0 Å². The zero-order chi connectivity index (χ0) is 20.4. The van der Waals surface area contributed by atoms with Crippen molar-refractivity contribution in [2.45, 2.75) is 6.61 Å². The van der Waals surface area contributed by atoms with E-state index in [1.165, 1.54) is 7.11 Å². The molecule has 0 saturated heterocycles. The molecule has 0 spiro atoms. The smallest absolute Gasteiger partial charge is 0.256 e. The van der Waals surface area contributed by atoms with Gasteiger partial charge in [-0.15, -0.1) is 0 Å². The third-order valence-electron chi connectivity index (χ3n) is 4.54. The van der Waals surface area contributed by atoms with Crippen LogP contribution in [0.4, 0.5) is 0 Å². The molecule has 0 unspecified atom stereocenters. The Bertz CT molecular complexity index is 1170. The molecule has 0 fully saturated rings. The molecule has 29 heavy (non-hydrogen) atoms. The molecular formula is C21H20N4O4. The van der Waals surface area contributed by atoms with Gasteiger partial charge in [-0.05, 0) is 29.8 Å². The van der Waals surface area contributed by atoms with Gasteiger partial charge < -0.3 is 19.3 Å². The molecule has 148 valence electrons. The molecule has 0 amide bonds. The average molecular weight is 392 g/mol. The van der Waals surface area contributed by atoms with Crippen molar-refractivity contribution in [2.75, 3.05) is 21.3 Å². The van der Waals surface area contributed by atoms with Crippen molar-refractivity contribution >= 4 is 10.9 Å². The summed E-state index contributed by atoms with van der Waals surface area (Å²) in [6.45, 7) is 0.442. The Morgan fingerprint density at radius 1 is 1.03 bits per heavy atom. The van der Waals surface area contributed by atoms with Gasteiger partial charge in [0.05, 0.1) is 49.3 Å². The van der Waals surface area contributed by atoms with E-state index in [9.17, 15) is 5.11 Å². The number of nitrogens with zero attached hydrogens (tertiary/aromatic N) is 4. The first-order chi connectivity index (χ1) is 14.1. The minimum absolute atomic E-state index is 0.0980. The summed E-state index contributed by atoms with van der Waals surface area (Å²) in [5, 5.41) is 11.3. The zero-order valence-electron chi connectivity index (χ0n) is 16.3. The minimum Gasteiger partial charge on any atom is -0.494 e. The number of methoxy groups -OCH3 is 3. The number of hydrogen-bond donors (Lipinski definition) is 1. The maximum absolute atomic E-state index is 10.7. The Kier molecular flexibility index (Phi) is 5.01. The molecule has 0 atom stereocenters. The quantitative estimate of drug-likeness (QED) is 0.538. The number of pyridine rings is 3. The van der Waals surface area contributed by atoms with Crippen LogP contribution in [0.25, 0.3) is 27.8 Å². The average Bonchev–Trinajstić information content (AvgIpc) is 3.09. The fourth-order valence-electron chi connectivity index (χ4n) is 3.16. The number of rotatable bonds is 6. The molecule has 0 aliphatic rings. The van der Waals surface area contributed by atoms with Crippen LogP contribution >= 0.6 is 0 Å². The molecule has 0 radical (unpaired) electrons. The van der Waals surface area contributed by atoms with Crippen LogP contribution in [0.15, 0.2) is 49.1 Å². The summed E-state index contributed by atoms with van der Waals surface area (Å²) in [4.78, 5) is 13.2. The molecule has 4 aromatic rings. The first-order valence-electron chi connectivity index (χ1n) is 8.87. The molecule has 0 aliphatic heterocycles. The molecular weight excluding hydrogens is 372 g/mol. The van der Waals surface area contributed by atoms with E-state index in [4.69, 9.17) is 14.2 Å². The molecule has 0 aliphatic carbocycles. The predicted octanol–water partition coefficient (Wildman–Crippen LogP) is 3.35. The summed E-state index contributed by atoms with van der Waals surface area (Å²) in [6, 6.07) is 7.38. The maximum Gasteiger partial charge on any atom is 0.256 e. The van der Waals surface area contributed by atoms with Crippen LogP contribution in [0.1, 0.15) is 5.56 Å². The van der Waals surface area contributed by atoms with Gasteiger partial charge in [0.2, 0.25) is 5.88 Å². The Hall–Kier alpha value is -3.65. The van der Waals surface area contributed by atoms with Gasteiger partial charge in [0, 0.05) is 31.3 Å². The lowest BCUT2D eigenvalue weighted by molar-refractivity contribution is 0.184. The van der Waals surface area contributed by atoms with E-state index >= 15 is 0 Å². The van der Waals surface area contributed by atoms with E-state index in [1.54, 1.807) is 43.6 Å². The summed E-state index contributed by atoms with van der Waals surface area (Å²) in [6.07, 6.45) is 6.85. The normalized spacial score (nSPS) is 11.0. The third-order valence-corrected chi connectivity index (χ3v) is 4.54. The SMILES string of the molecule is COCc1cncc(-n2cc3nc(-c4cnc(OC)c(OC)c4)ccc3c2O)c1. The second-order valence-corrected chi connectivity index (χ2v) is 6.37. The summed E-state index contributed by atoms with van der Waals surface area (Å²) < 4.78 is 17.3. The van der Waals surface area contributed by atoms with Crippen LogP contribution in [-0.2, 0) is 11.3 Å². The highest BCUT2D eigenvalue weighted by Gasteiger charge is 2.14. The first-order valence-corrected chi connectivity index (χ1v) is 8.87. The molecule has 8 nitrogen and oxygen atoms in total. The van der Waals surface area contributed by atoms with Crippen LogP contribution in [0.3, 0.4) is 0 Å². The Labute approximate surface area is 167 Å². The monoisotopic (exact) mass is 392 g/mol. The number of ether oxygens (including phenoxy) is 3. The molecule has 0 bridgehead atoms. The van der Waals surface area contributed by atoms with Gasteiger partial charge in [-0.1, -0.05) is 0 Å². The zero-order valence-corrected chi connectivity index (χ0v) is 16.3.